The zero-order valence-electron chi connectivity index (χ0n) is 13.3. The Morgan fingerprint density at radius 3 is 2.43 bits per heavy atom. The molecule has 5 heteroatoms. The first-order valence-electron chi connectivity index (χ1n) is 7.71. The summed E-state index contributed by atoms with van der Waals surface area (Å²) >= 11 is 0. The van der Waals surface area contributed by atoms with Gasteiger partial charge < -0.3 is 15.0 Å². The SMILES string of the molecule is Cc1cc(C(=O)COc2ccc(C(N)=O)cc2)c(C)n1C1CC1. The first-order valence-corrected chi connectivity index (χ1v) is 7.71. The van der Waals surface area contributed by atoms with Crippen molar-refractivity contribution in [2.75, 3.05) is 6.61 Å². The van der Waals surface area contributed by atoms with Crippen molar-refractivity contribution in [3.05, 3.63) is 52.8 Å². The minimum atomic E-state index is -0.486. The summed E-state index contributed by atoms with van der Waals surface area (Å²) in [7, 11) is 0. The van der Waals surface area contributed by atoms with Crippen molar-refractivity contribution in [2.45, 2.75) is 32.7 Å². The maximum Gasteiger partial charge on any atom is 0.248 e. The molecule has 2 aromatic rings. The van der Waals surface area contributed by atoms with E-state index in [0.717, 1.165) is 17.0 Å². The zero-order valence-corrected chi connectivity index (χ0v) is 13.3. The largest absolute Gasteiger partial charge is 0.485 e. The molecule has 0 bridgehead atoms. The lowest BCUT2D eigenvalue weighted by Gasteiger charge is -2.08. The van der Waals surface area contributed by atoms with Gasteiger partial charge in [0.2, 0.25) is 11.7 Å². The van der Waals surface area contributed by atoms with Gasteiger partial charge in [0, 0.05) is 28.6 Å². The molecule has 0 spiro atoms. The first-order chi connectivity index (χ1) is 11.0. The second-order valence-corrected chi connectivity index (χ2v) is 5.99. The van der Waals surface area contributed by atoms with Crippen LogP contribution in [-0.2, 0) is 0 Å². The van der Waals surface area contributed by atoms with E-state index < -0.39 is 5.91 Å². The molecule has 3 rings (SSSR count). The summed E-state index contributed by atoms with van der Waals surface area (Å²) in [4.78, 5) is 23.4. The number of ketones is 1. The van der Waals surface area contributed by atoms with Gasteiger partial charge >= 0.3 is 0 Å². The number of aromatic nitrogens is 1. The lowest BCUT2D eigenvalue weighted by atomic mass is 10.1. The molecule has 1 aliphatic carbocycles. The first kappa shape index (κ1) is 15.3. The van der Waals surface area contributed by atoms with E-state index in [4.69, 9.17) is 10.5 Å². The minimum absolute atomic E-state index is 0.0229. The van der Waals surface area contributed by atoms with Gasteiger partial charge in [-0.3, -0.25) is 9.59 Å². The van der Waals surface area contributed by atoms with Gasteiger partial charge in [0.15, 0.2) is 6.61 Å². The molecule has 120 valence electrons. The fraction of sp³-hybridized carbons (Fsp3) is 0.333. The Labute approximate surface area is 135 Å². The van der Waals surface area contributed by atoms with Crippen LogP contribution >= 0.6 is 0 Å². The number of carbonyl (C=O) groups excluding carboxylic acids is 2. The highest BCUT2D eigenvalue weighted by atomic mass is 16.5. The standard InChI is InChI=1S/C18H20N2O3/c1-11-9-16(12(2)20(11)14-5-6-14)17(21)10-23-15-7-3-13(4-8-15)18(19)22/h3-4,7-9,14H,5-6,10H2,1-2H3,(H2,19,22). The van der Waals surface area contributed by atoms with Crippen molar-refractivity contribution in [1.82, 2.24) is 4.57 Å². The maximum absolute atomic E-state index is 12.4. The number of nitrogens with zero attached hydrogens (tertiary/aromatic N) is 1. The topological polar surface area (TPSA) is 74.3 Å². The van der Waals surface area contributed by atoms with Gasteiger partial charge in [-0.05, 0) is 57.0 Å². The molecule has 1 saturated carbocycles. The summed E-state index contributed by atoms with van der Waals surface area (Å²) in [5.74, 6) is 0.0171. The van der Waals surface area contributed by atoms with E-state index in [-0.39, 0.29) is 12.4 Å². The minimum Gasteiger partial charge on any atom is -0.485 e. The van der Waals surface area contributed by atoms with Crippen LogP contribution in [0.25, 0.3) is 0 Å². The fourth-order valence-corrected chi connectivity index (χ4v) is 2.90. The average molecular weight is 312 g/mol. The highest BCUT2D eigenvalue weighted by Crippen LogP contribution is 2.38. The molecule has 0 saturated heterocycles. The van der Waals surface area contributed by atoms with Crippen molar-refractivity contribution in [3.8, 4) is 5.75 Å². The molecule has 5 nitrogen and oxygen atoms in total. The van der Waals surface area contributed by atoms with E-state index in [1.165, 1.54) is 12.8 Å². The molecular weight excluding hydrogens is 292 g/mol. The number of nitrogens with two attached hydrogens (primary N) is 1. The van der Waals surface area contributed by atoms with Crippen molar-refractivity contribution in [1.29, 1.82) is 0 Å². The van der Waals surface area contributed by atoms with Gasteiger partial charge in [-0.15, -0.1) is 0 Å². The van der Waals surface area contributed by atoms with E-state index >= 15 is 0 Å². The number of hydrogen-bond acceptors (Lipinski definition) is 3. The average Bonchev–Trinajstić information content (AvgIpc) is 3.31. The third kappa shape index (κ3) is 3.13. The van der Waals surface area contributed by atoms with Gasteiger partial charge in [0.25, 0.3) is 0 Å². The monoisotopic (exact) mass is 312 g/mol. The van der Waals surface area contributed by atoms with Crippen LogP contribution in [0.15, 0.2) is 30.3 Å². The third-order valence-corrected chi connectivity index (χ3v) is 4.21. The molecular formula is C18H20N2O3. The molecule has 1 heterocycles. The van der Waals surface area contributed by atoms with Crippen molar-refractivity contribution in [3.63, 3.8) is 0 Å². The summed E-state index contributed by atoms with van der Waals surface area (Å²) < 4.78 is 7.77. The van der Waals surface area contributed by atoms with Gasteiger partial charge in [-0.2, -0.15) is 0 Å². The van der Waals surface area contributed by atoms with Crippen LogP contribution in [0.3, 0.4) is 0 Å². The molecule has 0 atom stereocenters. The highest BCUT2D eigenvalue weighted by molar-refractivity contribution is 5.98. The quantitative estimate of drug-likeness (QED) is 0.833. The highest BCUT2D eigenvalue weighted by Gasteiger charge is 2.28. The molecule has 0 aliphatic heterocycles. The Morgan fingerprint density at radius 1 is 1.22 bits per heavy atom. The van der Waals surface area contributed by atoms with Crippen molar-refractivity contribution in [2.24, 2.45) is 5.73 Å². The normalized spacial score (nSPS) is 13.8. The fourth-order valence-electron chi connectivity index (χ4n) is 2.90. The summed E-state index contributed by atoms with van der Waals surface area (Å²) in [5.41, 5.74) is 8.47. The van der Waals surface area contributed by atoms with E-state index in [1.807, 2.05) is 19.9 Å². The van der Waals surface area contributed by atoms with Crippen LogP contribution in [0.2, 0.25) is 0 Å². The van der Waals surface area contributed by atoms with E-state index in [0.29, 0.717) is 17.4 Å². The van der Waals surface area contributed by atoms with Crippen LogP contribution < -0.4 is 10.5 Å². The third-order valence-electron chi connectivity index (χ3n) is 4.21. The van der Waals surface area contributed by atoms with E-state index in [2.05, 4.69) is 4.57 Å². The summed E-state index contributed by atoms with van der Waals surface area (Å²) in [6.45, 7) is 4.00. The molecule has 23 heavy (non-hydrogen) atoms. The predicted molar refractivity (Wildman–Crippen MR) is 87.0 cm³/mol. The van der Waals surface area contributed by atoms with Crippen LogP contribution in [-0.4, -0.2) is 22.9 Å². The van der Waals surface area contributed by atoms with Gasteiger partial charge in [-0.25, -0.2) is 0 Å². The van der Waals surface area contributed by atoms with Crippen molar-refractivity contribution < 1.29 is 14.3 Å². The number of benzene rings is 1. The van der Waals surface area contributed by atoms with E-state index in [9.17, 15) is 9.59 Å². The number of primary amides is 1. The molecule has 1 amide bonds. The van der Waals surface area contributed by atoms with Crippen LogP contribution in [0.1, 0.15) is 51.0 Å². The Hall–Kier alpha value is -2.56. The lowest BCUT2D eigenvalue weighted by Crippen LogP contribution is -2.13. The van der Waals surface area contributed by atoms with Crippen molar-refractivity contribution >= 4 is 11.7 Å². The molecule has 1 aromatic heterocycles. The molecule has 1 aromatic carbocycles. The molecule has 1 fully saturated rings. The molecule has 0 unspecified atom stereocenters. The number of Topliss-reactive ketones (excluding diaryl/α,β-unsaturated/α-hetero) is 1. The Morgan fingerprint density at radius 2 is 1.87 bits per heavy atom. The second-order valence-electron chi connectivity index (χ2n) is 5.99. The number of ether oxygens (including phenoxy) is 1. The van der Waals surface area contributed by atoms with Gasteiger partial charge in [0.05, 0.1) is 0 Å². The number of aryl methyl sites for hydroxylation is 1. The number of rotatable bonds is 6. The predicted octanol–water partition coefficient (Wildman–Crippen LogP) is 2.80. The molecule has 0 radical (unpaired) electrons. The Bertz CT molecular complexity index is 755. The van der Waals surface area contributed by atoms with E-state index in [1.54, 1.807) is 24.3 Å². The van der Waals surface area contributed by atoms with Crippen LogP contribution in [0.4, 0.5) is 0 Å². The number of carbonyl (C=O) groups is 2. The summed E-state index contributed by atoms with van der Waals surface area (Å²) in [5, 5.41) is 0. The lowest BCUT2D eigenvalue weighted by molar-refractivity contribution is 0.0919. The van der Waals surface area contributed by atoms with Gasteiger partial charge in [-0.1, -0.05) is 0 Å². The molecule has 2 N–H and O–H groups in total. The second kappa shape index (κ2) is 5.91. The Kier molecular flexibility index (Phi) is 3.94. The van der Waals surface area contributed by atoms with Crippen LogP contribution in [0.5, 0.6) is 5.75 Å². The number of amides is 1. The maximum atomic E-state index is 12.4. The van der Waals surface area contributed by atoms with Crippen LogP contribution in [0, 0.1) is 13.8 Å². The smallest absolute Gasteiger partial charge is 0.248 e. The Balaban J connectivity index is 1.67. The summed E-state index contributed by atoms with van der Waals surface area (Å²) in [6.07, 6.45) is 2.37. The zero-order chi connectivity index (χ0) is 16.6. The number of hydrogen-bond donors (Lipinski definition) is 1. The van der Waals surface area contributed by atoms with Gasteiger partial charge in [0.1, 0.15) is 5.75 Å². The molecule has 1 aliphatic rings. The summed E-state index contributed by atoms with van der Waals surface area (Å²) in [6, 6.07) is 8.94.